The summed E-state index contributed by atoms with van der Waals surface area (Å²) in [6.07, 6.45) is 7.08. The zero-order valence-electron chi connectivity index (χ0n) is 15.5. The van der Waals surface area contributed by atoms with E-state index in [0.717, 1.165) is 23.6 Å². The molecule has 1 N–H and O–H groups in total. The first-order valence-corrected chi connectivity index (χ1v) is 8.53. The van der Waals surface area contributed by atoms with Gasteiger partial charge in [0.15, 0.2) is 0 Å². The molecule has 2 aromatic rings. The fourth-order valence-corrected chi connectivity index (χ4v) is 2.24. The van der Waals surface area contributed by atoms with E-state index in [1.165, 1.54) is 11.1 Å². The van der Waals surface area contributed by atoms with E-state index < -0.39 is 0 Å². The summed E-state index contributed by atoms with van der Waals surface area (Å²) < 4.78 is 5.18. The third kappa shape index (κ3) is 6.33. The number of hydrogen-bond acceptors (Lipinski definition) is 2. The van der Waals surface area contributed by atoms with Gasteiger partial charge in [-0.3, -0.25) is 0 Å². The van der Waals surface area contributed by atoms with Gasteiger partial charge in [0.25, 0.3) is 0 Å². The van der Waals surface area contributed by atoms with E-state index in [0.29, 0.717) is 0 Å². The molecule has 24 heavy (non-hydrogen) atoms. The minimum absolute atomic E-state index is 0.895. The Balaban J connectivity index is 0.00000139. The molecule has 0 saturated carbocycles. The predicted octanol–water partition coefficient (Wildman–Crippen LogP) is 6.20. The number of methoxy groups -OCH3 is 1. The molecule has 2 aromatic carbocycles. The van der Waals surface area contributed by atoms with Crippen LogP contribution in [0.15, 0.2) is 72.5 Å². The van der Waals surface area contributed by atoms with Crippen LogP contribution < -0.4 is 10.1 Å². The van der Waals surface area contributed by atoms with Crippen molar-refractivity contribution in [3.05, 3.63) is 83.6 Å². The summed E-state index contributed by atoms with van der Waals surface area (Å²) in [5.74, 6) is 0.895. The maximum Gasteiger partial charge on any atom is 0.118 e. The van der Waals surface area contributed by atoms with Crippen molar-refractivity contribution in [1.29, 1.82) is 0 Å². The quantitative estimate of drug-likeness (QED) is 0.639. The molecule has 2 nitrogen and oxygen atoms in total. The average molecular weight is 323 g/mol. The first-order valence-electron chi connectivity index (χ1n) is 8.53. The summed E-state index contributed by atoms with van der Waals surface area (Å²) in [5.41, 5.74) is 4.78. The van der Waals surface area contributed by atoms with Gasteiger partial charge in [-0.05, 0) is 61.7 Å². The monoisotopic (exact) mass is 323 g/mol. The van der Waals surface area contributed by atoms with Crippen LogP contribution in [0.3, 0.4) is 0 Å². The molecule has 0 saturated heterocycles. The van der Waals surface area contributed by atoms with Gasteiger partial charge in [-0.15, -0.1) is 0 Å². The van der Waals surface area contributed by atoms with E-state index in [-0.39, 0.29) is 0 Å². The van der Waals surface area contributed by atoms with E-state index in [1.54, 1.807) is 7.11 Å². The SMILES string of the molecule is C/C=C\C(=C/C)Nc1ccc(Cc2ccc(OC)cc2)cc1.CC. The fourth-order valence-electron chi connectivity index (χ4n) is 2.24. The van der Waals surface area contributed by atoms with Crippen molar-refractivity contribution in [3.8, 4) is 5.75 Å². The smallest absolute Gasteiger partial charge is 0.118 e. The number of hydrogen-bond donors (Lipinski definition) is 1. The van der Waals surface area contributed by atoms with Gasteiger partial charge in [0.1, 0.15) is 5.75 Å². The third-order valence-electron chi connectivity index (χ3n) is 3.47. The predicted molar refractivity (Wildman–Crippen MR) is 106 cm³/mol. The van der Waals surface area contributed by atoms with Crippen LogP contribution in [0.2, 0.25) is 0 Å². The highest BCUT2D eigenvalue weighted by atomic mass is 16.5. The molecule has 0 fully saturated rings. The summed E-state index contributed by atoms with van der Waals surface area (Å²) in [6, 6.07) is 16.8. The summed E-state index contributed by atoms with van der Waals surface area (Å²) >= 11 is 0. The van der Waals surface area contributed by atoms with E-state index in [1.807, 2.05) is 45.9 Å². The number of rotatable bonds is 6. The summed E-state index contributed by atoms with van der Waals surface area (Å²) in [6.45, 7) is 8.05. The van der Waals surface area contributed by atoms with E-state index >= 15 is 0 Å². The van der Waals surface area contributed by atoms with Gasteiger partial charge in [0.2, 0.25) is 0 Å². The van der Waals surface area contributed by atoms with Crippen LogP contribution in [0.4, 0.5) is 5.69 Å². The number of benzene rings is 2. The first-order chi connectivity index (χ1) is 11.7. The van der Waals surface area contributed by atoms with Gasteiger partial charge in [-0.25, -0.2) is 0 Å². The van der Waals surface area contributed by atoms with Gasteiger partial charge >= 0.3 is 0 Å². The Hall–Kier alpha value is -2.48. The van der Waals surface area contributed by atoms with E-state index in [4.69, 9.17) is 4.74 Å². The minimum Gasteiger partial charge on any atom is -0.497 e. The van der Waals surface area contributed by atoms with Crippen molar-refractivity contribution in [2.24, 2.45) is 0 Å². The standard InChI is InChI=1S/C20H23NO.C2H6/c1-4-6-18(5-2)21-19-11-7-16(8-12-19)15-17-9-13-20(22-3)14-10-17;1-2/h4-14,21H,15H2,1-3H3;1-2H3/b6-4-,18-5+;. The number of ether oxygens (including phenoxy) is 1. The van der Waals surface area contributed by atoms with Crippen molar-refractivity contribution < 1.29 is 4.74 Å². The first kappa shape index (κ1) is 19.6. The highest BCUT2D eigenvalue weighted by Gasteiger charge is 1.99. The number of anilines is 1. The van der Waals surface area contributed by atoms with Gasteiger partial charge in [0.05, 0.1) is 7.11 Å². The molecule has 0 bridgehead atoms. The molecule has 0 atom stereocenters. The maximum atomic E-state index is 5.18. The molecule has 0 aromatic heterocycles. The van der Waals surface area contributed by atoms with Crippen LogP contribution >= 0.6 is 0 Å². The molecule has 0 aliphatic rings. The largest absolute Gasteiger partial charge is 0.497 e. The Morgan fingerprint density at radius 2 is 1.46 bits per heavy atom. The molecule has 2 rings (SSSR count). The molecule has 128 valence electrons. The zero-order chi connectivity index (χ0) is 17.8. The van der Waals surface area contributed by atoms with Gasteiger partial charge < -0.3 is 10.1 Å². The Kier molecular flexibility index (Phi) is 9.06. The lowest BCUT2D eigenvalue weighted by Gasteiger charge is -2.08. The Morgan fingerprint density at radius 1 is 0.917 bits per heavy atom. The van der Waals surface area contributed by atoms with Crippen LogP contribution in [0.25, 0.3) is 0 Å². The molecule has 0 spiro atoms. The Morgan fingerprint density at radius 3 is 1.92 bits per heavy atom. The molecule has 0 unspecified atom stereocenters. The molecule has 0 heterocycles. The van der Waals surface area contributed by atoms with Crippen molar-refractivity contribution in [1.82, 2.24) is 0 Å². The van der Waals surface area contributed by atoms with E-state index in [2.05, 4.69) is 53.9 Å². The van der Waals surface area contributed by atoms with Crippen molar-refractivity contribution >= 4 is 5.69 Å². The summed E-state index contributed by atoms with van der Waals surface area (Å²) in [5, 5.41) is 3.39. The van der Waals surface area contributed by atoms with Gasteiger partial charge in [-0.2, -0.15) is 0 Å². The van der Waals surface area contributed by atoms with Crippen LogP contribution in [0.5, 0.6) is 5.75 Å². The molecular weight excluding hydrogens is 294 g/mol. The van der Waals surface area contributed by atoms with E-state index in [9.17, 15) is 0 Å². The topological polar surface area (TPSA) is 21.3 Å². The second-order valence-electron chi connectivity index (χ2n) is 5.09. The molecule has 0 radical (unpaired) electrons. The second-order valence-corrected chi connectivity index (χ2v) is 5.09. The van der Waals surface area contributed by atoms with Crippen LogP contribution in [0.1, 0.15) is 38.8 Å². The molecule has 2 heteroatoms. The van der Waals surface area contributed by atoms with Crippen molar-refractivity contribution in [2.75, 3.05) is 12.4 Å². The molecular formula is C22H29NO. The van der Waals surface area contributed by atoms with Crippen LogP contribution in [-0.2, 0) is 6.42 Å². The van der Waals surface area contributed by atoms with Gasteiger partial charge in [0, 0.05) is 11.4 Å². The minimum atomic E-state index is 0.895. The normalized spacial score (nSPS) is 11.0. The Bertz CT molecular complexity index is 637. The van der Waals surface area contributed by atoms with Crippen molar-refractivity contribution in [2.45, 2.75) is 34.1 Å². The fraction of sp³-hybridized carbons (Fsp3) is 0.273. The lowest BCUT2D eigenvalue weighted by atomic mass is 10.0. The lowest BCUT2D eigenvalue weighted by Crippen LogP contribution is -1.96. The Labute approximate surface area is 146 Å². The second kappa shape index (κ2) is 11.1. The molecule has 0 aliphatic carbocycles. The molecule has 0 amide bonds. The average Bonchev–Trinajstić information content (AvgIpc) is 2.65. The van der Waals surface area contributed by atoms with Crippen molar-refractivity contribution in [3.63, 3.8) is 0 Å². The maximum absolute atomic E-state index is 5.18. The number of nitrogens with one attached hydrogen (secondary N) is 1. The zero-order valence-corrected chi connectivity index (χ0v) is 15.5. The van der Waals surface area contributed by atoms with Gasteiger partial charge in [-0.1, -0.05) is 50.3 Å². The third-order valence-corrected chi connectivity index (χ3v) is 3.47. The number of allylic oxidation sites excluding steroid dienone is 3. The summed E-state index contributed by atoms with van der Waals surface area (Å²) in [7, 11) is 1.69. The lowest BCUT2D eigenvalue weighted by molar-refractivity contribution is 0.414. The molecule has 0 aliphatic heterocycles. The van der Waals surface area contributed by atoms with Crippen LogP contribution in [-0.4, -0.2) is 7.11 Å². The summed E-state index contributed by atoms with van der Waals surface area (Å²) in [4.78, 5) is 0. The van der Waals surface area contributed by atoms with Crippen LogP contribution in [0, 0.1) is 0 Å². The highest BCUT2D eigenvalue weighted by Crippen LogP contribution is 2.17. The highest BCUT2D eigenvalue weighted by molar-refractivity contribution is 5.51.